The minimum absolute atomic E-state index is 0.165. The third kappa shape index (κ3) is 3.43. The molecule has 0 radical (unpaired) electrons. The van der Waals surface area contributed by atoms with Crippen molar-refractivity contribution in [1.29, 1.82) is 0 Å². The van der Waals surface area contributed by atoms with Crippen LogP contribution in [0.4, 0.5) is 5.95 Å². The summed E-state index contributed by atoms with van der Waals surface area (Å²) in [4.78, 5) is 31.9. The fraction of sp³-hybridized carbons (Fsp3) is 0.286. The molecule has 1 heterocycles. The van der Waals surface area contributed by atoms with Gasteiger partial charge in [-0.3, -0.25) is 4.79 Å². The van der Waals surface area contributed by atoms with Gasteiger partial charge in [-0.15, -0.1) is 0 Å². The van der Waals surface area contributed by atoms with Gasteiger partial charge >= 0.3 is 5.97 Å². The molecule has 27 heavy (non-hydrogen) atoms. The Kier molecular flexibility index (Phi) is 5.26. The zero-order chi connectivity index (χ0) is 19.6. The van der Waals surface area contributed by atoms with Gasteiger partial charge in [0.05, 0.1) is 29.3 Å². The van der Waals surface area contributed by atoms with E-state index in [4.69, 9.17) is 9.72 Å². The first-order valence-corrected chi connectivity index (χ1v) is 8.97. The standard InChI is InChI=1S/C21H23N3O3/c1-5-23(6-2)21-22-18-13-15(20(26)27-4)9-12-17(18)19(25)24(21)16-10-7-14(3)8-11-16/h7-13H,5-6H2,1-4H3. The molecule has 0 atom stereocenters. The Bertz CT molecular complexity index is 1030. The van der Waals surface area contributed by atoms with Gasteiger partial charge in [-0.2, -0.15) is 0 Å². The number of carbonyl (C=O) groups is 1. The number of nitrogens with zero attached hydrogens (tertiary/aromatic N) is 3. The second-order valence-corrected chi connectivity index (χ2v) is 6.28. The van der Waals surface area contributed by atoms with Crippen molar-refractivity contribution in [2.45, 2.75) is 20.8 Å². The van der Waals surface area contributed by atoms with Gasteiger partial charge in [0.25, 0.3) is 5.56 Å². The van der Waals surface area contributed by atoms with E-state index in [1.807, 2.05) is 49.9 Å². The van der Waals surface area contributed by atoms with Gasteiger partial charge in [0.15, 0.2) is 0 Å². The summed E-state index contributed by atoms with van der Waals surface area (Å²) in [5.74, 6) is 0.106. The lowest BCUT2D eigenvalue weighted by Gasteiger charge is -2.24. The Balaban J connectivity index is 2.33. The predicted molar refractivity (Wildman–Crippen MR) is 107 cm³/mol. The minimum Gasteiger partial charge on any atom is -0.465 e. The van der Waals surface area contributed by atoms with E-state index in [0.717, 1.165) is 11.3 Å². The fourth-order valence-electron chi connectivity index (χ4n) is 3.06. The third-order valence-electron chi connectivity index (χ3n) is 4.61. The number of aryl methyl sites for hydroxylation is 1. The summed E-state index contributed by atoms with van der Waals surface area (Å²) in [7, 11) is 1.33. The third-order valence-corrected chi connectivity index (χ3v) is 4.61. The molecular weight excluding hydrogens is 342 g/mol. The normalized spacial score (nSPS) is 10.8. The number of hydrogen-bond donors (Lipinski definition) is 0. The molecule has 6 nitrogen and oxygen atoms in total. The van der Waals surface area contributed by atoms with E-state index in [9.17, 15) is 9.59 Å². The molecule has 2 aromatic carbocycles. The van der Waals surface area contributed by atoms with Crippen LogP contribution in [0.2, 0.25) is 0 Å². The van der Waals surface area contributed by atoms with Crippen molar-refractivity contribution in [3.05, 3.63) is 63.9 Å². The number of aromatic nitrogens is 2. The van der Waals surface area contributed by atoms with Crippen LogP contribution in [0, 0.1) is 6.92 Å². The van der Waals surface area contributed by atoms with E-state index in [2.05, 4.69) is 0 Å². The first kappa shape index (κ1) is 18.6. The molecule has 0 bridgehead atoms. The number of carbonyl (C=O) groups excluding carboxylic acids is 1. The van der Waals surface area contributed by atoms with Gasteiger partial charge in [0, 0.05) is 13.1 Å². The van der Waals surface area contributed by atoms with E-state index in [1.165, 1.54) is 7.11 Å². The van der Waals surface area contributed by atoms with Gasteiger partial charge in [-0.1, -0.05) is 17.7 Å². The summed E-state index contributed by atoms with van der Waals surface area (Å²) < 4.78 is 6.41. The molecule has 0 aliphatic carbocycles. The van der Waals surface area contributed by atoms with Crippen LogP contribution in [0.3, 0.4) is 0 Å². The van der Waals surface area contributed by atoms with Gasteiger partial charge in [-0.25, -0.2) is 14.3 Å². The molecule has 0 spiro atoms. The Labute approximate surface area is 158 Å². The maximum Gasteiger partial charge on any atom is 0.337 e. The Morgan fingerprint density at radius 1 is 1.11 bits per heavy atom. The molecule has 0 saturated carbocycles. The highest BCUT2D eigenvalue weighted by Crippen LogP contribution is 2.21. The van der Waals surface area contributed by atoms with Crippen LogP contribution in [0.5, 0.6) is 0 Å². The number of anilines is 1. The molecule has 0 saturated heterocycles. The summed E-state index contributed by atoms with van der Waals surface area (Å²) in [6, 6.07) is 12.6. The van der Waals surface area contributed by atoms with Crippen LogP contribution in [-0.2, 0) is 4.74 Å². The molecule has 3 rings (SSSR count). The number of esters is 1. The van der Waals surface area contributed by atoms with E-state index in [-0.39, 0.29) is 5.56 Å². The van der Waals surface area contributed by atoms with E-state index in [1.54, 1.807) is 22.8 Å². The number of hydrogen-bond acceptors (Lipinski definition) is 5. The highest BCUT2D eigenvalue weighted by Gasteiger charge is 2.18. The van der Waals surface area contributed by atoms with Gasteiger partial charge in [0.1, 0.15) is 0 Å². The fourth-order valence-corrected chi connectivity index (χ4v) is 3.06. The van der Waals surface area contributed by atoms with Crippen LogP contribution < -0.4 is 10.5 Å². The molecule has 0 aliphatic rings. The van der Waals surface area contributed by atoms with Crippen LogP contribution in [0.1, 0.15) is 29.8 Å². The first-order chi connectivity index (χ1) is 13.0. The van der Waals surface area contributed by atoms with Crippen molar-refractivity contribution >= 4 is 22.8 Å². The summed E-state index contributed by atoms with van der Waals surface area (Å²) in [6.07, 6.45) is 0. The number of methoxy groups -OCH3 is 1. The molecule has 6 heteroatoms. The smallest absolute Gasteiger partial charge is 0.337 e. The highest BCUT2D eigenvalue weighted by atomic mass is 16.5. The van der Waals surface area contributed by atoms with Crippen LogP contribution in [0.25, 0.3) is 16.6 Å². The van der Waals surface area contributed by atoms with Crippen molar-refractivity contribution in [2.24, 2.45) is 0 Å². The number of ether oxygens (including phenoxy) is 1. The van der Waals surface area contributed by atoms with Crippen LogP contribution >= 0.6 is 0 Å². The zero-order valence-corrected chi connectivity index (χ0v) is 16.0. The predicted octanol–water partition coefficient (Wildman–Crippen LogP) is 3.33. The van der Waals surface area contributed by atoms with E-state index < -0.39 is 5.97 Å². The lowest BCUT2D eigenvalue weighted by atomic mass is 10.1. The molecule has 1 aromatic heterocycles. The molecule has 0 unspecified atom stereocenters. The molecular formula is C21H23N3O3. The second-order valence-electron chi connectivity index (χ2n) is 6.28. The van der Waals surface area contributed by atoms with Crippen LogP contribution in [-0.4, -0.2) is 35.7 Å². The molecule has 3 aromatic rings. The number of benzene rings is 2. The zero-order valence-electron chi connectivity index (χ0n) is 16.0. The quantitative estimate of drug-likeness (QED) is 0.649. The second kappa shape index (κ2) is 7.61. The van der Waals surface area contributed by atoms with Crippen molar-refractivity contribution in [3.8, 4) is 5.69 Å². The monoisotopic (exact) mass is 365 g/mol. The SMILES string of the molecule is CCN(CC)c1nc2cc(C(=O)OC)ccc2c(=O)n1-c1ccc(C)cc1. The molecule has 0 amide bonds. The maximum absolute atomic E-state index is 13.3. The first-order valence-electron chi connectivity index (χ1n) is 8.97. The van der Waals surface area contributed by atoms with Gasteiger partial charge < -0.3 is 9.64 Å². The largest absolute Gasteiger partial charge is 0.465 e. The van der Waals surface area contributed by atoms with Crippen molar-refractivity contribution in [2.75, 3.05) is 25.1 Å². The summed E-state index contributed by atoms with van der Waals surface area (Å²) in [6.45, 7) is 7.45. The van der Waals surface area contributed by atoms with Crippen molar-refractivity contribution in [3.63, 3.8) is 0 Å². The number of rotatable bonds is 5. The van der Waals surface area contributed by atoms with E-state index in [0.29, 0.717) is 35.5 Å². The van der Waals surface area contributed by atoms with Crippen molar-refractivity contribution < 1.29 is 9.53 Å². The Morgan fingerprint density at radius 2 is 1.78 bits per heavy atom. The summed E-state index contributed by atoms with van der Waals surface area (Å²) >= 11 is 0. The molecule has 0 N–H and O–H groups in total. The summed E-state index contributed by atoms with van der Waals surface area (Å²) in [5, 5.41) is 0.458. The Morgan fingerprint density at radius 3 is 2.37 bits per heavy atom. The minimum atomic E-state index is -0.453. The number of fused-ring (bicyclic) bond motifs is 1. The molecule has 0 fully saturated rings. The topological polar surface area (TPSA) is 64.4 Å². The van der Waals surface area contributed by atoms with Gasteiger partial charge in [-0.05, 0) is 51.1 Å². The van der Waals surface area contributed by atoms with Crippen molar-refractivity contribution in [1.82, 2.24) is 9.55 Å². The highest BCUT2D eigenvalue weighted by molar-refractivity contribution is 5.94. The van der Waals surface area contributed by atoms with Gasteiger partial charge in [0.2, 0.25) is 5.95 Å². The molecule has 0 aliphatic heterocycles. The van der Waals surface area contributed by atoms with E-state index >= 15 is 0 Å². The maximum atomic E-state index is 13.3. The summed E-state index contributed by atoms with van der Waals surface area (Å²) in [5.41, 5.74) is 2.57. The average molecular weight is 365 g/mol. The lowest BCUT2D eigenvalue weighted by molar-refractivity contribution is 0.0601. The average Bonchev–Trinajstić information content (AvgIpc) is 2.69. The lowest BCUT2D eigenvalue weighted by Crippen LogP contribution is -2.32. The molecule has 140 valence electrons. The Hall–Kier alpha value is -3.15. The van der Waals surface area contributed by atoms with Crippen LogP contribution in [0.15, 0.2) is 47.3 Å².